The third kappa shape index (κ3) is 4.68. The van der Waals surface area contributed by atoms with Gasteiger partial charge >= 0.3 is 0 Å². The second-order valence-corrected chi connectivity index (χ2v) is 6.37. The first kappa shape index (κ1) is 16.7. The number of nitrogens with one attached hydrogen (secondary N) is 2. The van der Waals surface area contributed by atoms with Crippen LogP contribution in [0.3, 0.4) is 0 Å². The van der Waals surface area contributed by atoms with Gasteiger partial charge in [0, 0.05) is 4.88 Å². The van der Waals surface area contributed by atoms with E-state index in [1.807, 2.05) is 11.4 Å². The maximum Gasteiger partial charge on any atom is 0.234 e. The van der Waals surface area contributed by atoms with Gasteiger partial charge in [0.2, 0.25) is 5.91 Å². The van der Waals surface area contributed by atoms with Gasteiger partial charge < -0.3 is 10.6 Å². The third-order valence-electron chi connectivity index (χ3n) is 3.60. The Morgan fingerprint density at radius 2 is 2.00 bits per heavy atom. The minimum Gasteiger partial charge on any atom is -0.343 e. The summed E-state index contributed by atoms with van der Waals surface area (Å²) >= 11 is 1.67. The van der Waals surface area contributed by atoms with Gasteiger partial charge in [-0.15, -0.1) is 11.3 Å². The van der Waals surface area contributed by atoms with Crippen molar-refractivity contribution in [3.63, 3.8) is 0 Å². The van der Waals surface area contributed by atoms with Gasteiger partial charge in [0.05, 0.1) is 12.6 Å². The first-order valence-electron chi connectivity index (χ1n) is 7.80. The molecule has 1 unspecified atom stereocenters. The number of hydrogen-bond donors (Lipinski definition) is 2. The number of unbranched alkanes of at least 4 members (excludes halogenated alkanes) is 1. The number of aryl methyl sites for hydroxylation is 1. The van der Waals surface area contributed by atoms with E-state index in [2.05, 4.69) is 47.9 Å². The minimum absolute atomic E-state index is 0.0101. The molecule has 4 heteroatoms. The van der Waals surface area contributed by atoms with Crippen molar-refractivity contribution in [3.05, 3.63) is 57.8 Å². The molecule has 0 aliphatic heterocycles. The smallest absolute Gasteiger partial charge is 0.234 e. The number of thiophene rings is 1. The Morgan fingerprint density at radius 1 is 1.23 bits per heavy atom. The van der Waals surface area contributed by atoms with E-state index in [1.165, 1.54) is 18.4 Å². The Kier molecular flexibility index (Phi) is 6.62. The molecule has 2 N–H and O–H groups in total. The number of hydrogen-bond acceptors (Lipinski definition) is 3. The second-order valence-electron chi connectivity index (χ2n) is 5.39. The summed E-state index contributed by atoms with van der Waals surface area (Å²) in [4.78, 5) is 13.1. The standard InChI is InChI=1S/C18H24N2OS/c1-3-4-6-14-8-10-15(11-9-14)18(16-7-5-12-22-16)20-17(21)13-19-2/h5,7-12,18-19H,3-4,6,13H2,1-2H3,(H,20,21). The number of carbonyl (C=O) groups is 1. The lowest BCUT2D eigenvalue weighted by Crippen LogP contribution is -2.35. The highest BCUT2D eigenvalue weighted by Gasteiger charge is 2.17. The lowest BCUT2D eigenvalue weighted by Gasteiger charge is -2.18. The van der Waals surface area contributed by atoms with Gasteiger partial charge in [0.25, 0.3) is 0 Å². The van der Waals surface area contributed by atoms with Crippen LogP contribution in [0.2, 0.25) is 0 Å². The topological polar surface area (TPSA) is 41.1 Å². The summed E-state index contributed by atoms with van der Waals surface area (Å²) < 4.78 is 0. The molecule has 1 atom stereocenters. The second kappa shape index (κ2) is 8.71. The van der Waals surface area contributed by atoms with Crippen LogP contribution in [0, 0.1) is 0 Å². The molecule has 0 bridgehead atoms. The molecule has 1 heterocycles. The molecule has 0 saturated carbocycles. The number of likely N-dealkylation sites (N-methyl/N-ethyl adjacent to an activating group) is 1. The van der Waals surface area contributed by atoms with Crippen LogP contribution in [-0.4, -0.2) is 19.5 Å². The highest BCUT2D eigenvalue weighted by molar-refractivity contribution is 7.10. The fourth-order valence-electron chi connectivity index (χ4n) is 2.40. The molecule has 1 aromatic carbocycles. The number of benzene rings is 1. The zero-order valence-corrected chi connectivity index (χ0v) is 14.1. The van der Waals surface area contributed by atoms with Crippen LogP contribution >= 0.6 is 11.3 Å². The lowest BCUT2D eigenvalue weighted by molar-refractivity contribution is -0.120. The average molecular weight is 316 g/mol. The van der Waals surface area contributed by atoms with E-state index in [4.69, 9.17) is 0 Å². The Hall–Kier alpha value is -1.65. The number of rotatable bonds is 8. The fourth-order valence-corrected chi connectivity index (χ4v) is 3.21. The van der Waals surface area contributed by atoms with Crippen LogP contribution in [0.5, 0.6) is 0 Å². The first-order chi connectivity index (χ1) is 10.7. The molecular weight excluding hydrogens is 292 g/mol. The lowest BCUT2D eigenvalue weighted by atomic mass is 10.0. The molecule has 0 aliphatic carbocycles. The summed E-state index contributed by atoms with van der Waals surface area (Å²) in [5.74, 6) is 0.0101. The Labute approximate surface area is 136 Å². The Balaban J connectivity index is 2.16. The molecule has 3 nitrogen and oxygen atoms in total. The van der Waals surface area contributed by atoms with Crippen molar-refractivity contribution < 1.29 is 4.79 Å². The van der Waals surface area contributed by atoms with Crippen LogP contribution in [0.1, 0.15) is 41.8 Å². The Morgan fingerprint density at radius 3 is 2.59 bits per heavy atom. The van der Waals surface area contributed by atoms with Crippen LogP contribution in [0.15, 0.2) is 41.8 Å². The summed E-state index contributed by atoms with van der Waals surface area (Å²) in [6, 6.07) is 12.6. The van der Waals surface area contributed by atoms with E-state index in [-0.39, 0.29) is 11.9 Å². The van der Waals surface area contributed by atoms with Gasteiger partial charge in [0.1, 0.15) is 0 Å². The molecule has 0 radical (unpaired) electrons. The van der Waals surface area contributed by atoms with Crippen LogP contribution in [0.25, 0.3) is 0 Å². The largest absolute Gasteiger partial charge is 0.343 e. The van der Waals surface area contributed by atoms with E-state index in [1.54, 1.807) is 18.4 Å². The summed E-state index contributed by atoms with van der Waals surface area (Å²) in [6.45, 7) is 2.54. The predicted molar refractivity (Wildman–Crippen MR) is 93.3 cm³/mol. The van der Waals surface area contributed by atoms with Crippen LogP contribution in [-0.2, 0) is 11.2 Å². The summed E-state index contributed by atoms with van der Waals surface area (Å²) in [5.41, 5.74) is 2.49. The van der Waals surface area contributed by atoms with Gasteiger partial charge in [-0.2, -0.15) is 0 Å². The van der Waals surface area contributed by atoms with Crippen LogP contribution < -0.4 is 10.6 Å². The van der Waals surface area contributed by atoms with E-state index in [9.17, 15) is 4.79 Å². The maximum atomic E-state index is 12.0. The van der Waals surface area contributed by atoms with Gasteiger partial charge in [-0.3, -0.25) is 4.79 Å². The van der Waals surface area contributed by atoms with Crippen molar-refractivity contribution in [1.29, 1.82) is 0 Å². The van der Waals surface area contributed by atoms with Crippen molar-refractivity contribution in [2.75, 3.05) is 13.6 Å². The number of amides is 1. The highest BCUT2D eigenvalue weighted by Crippen LogP contribution is 2.26. The molecule has 118 valence electrons. The molecular formula is C18H24N2OS. The molecule has 0 fully saturated rings. The van der Waals surface area contributed by atoms with Crippen molar-refractivity contribution in [2.45, 2.75) is 32.2 Å². The zero-order chi connectivity index (χ0) is 15.8. The zero-order valence-electron chi connectivity index (χ0n) is 13.3. The maximum absolute atomic E-state index is 12.0. The molecule has 0 saturated heterocycles. The molecule has 1 amide bonds. The van der Waals surface area contributed by atoms with Gasteiger partial charge in [-0.25, -0.2) is 0 Å². The molecule has 0 aliphatic rings. The highest BCUT2D eigenvalue weighted by atomic mass is 32.1. The quantitative estimate of drug-likeness (QED) is 0.782. The predicted octanol–water partition coefficient (Wildman–Crippen LogP) is 3.52. The van der Waals surface area contributed by atoms with E-state index >= 15 is 0 Å². The Bertz CT molecular complexity index is 563. The normalized spacial score (nSPS) is 12.1. The summed E-state index contributed by atoms with van der Waals surface area (Å²) in [7, 11) is 1.78. The molecule has 2 rings (SSSR count). The molecule has 2 aromatic rings. The average Bonchev–Trinajstić information content (AvgIpc) is 3.06. The van der Waals surface area contributed by atoms with Gasteiger partial charge in [-0.1, -0.05) is 43.7 Å². The monoisotopic (exact) mass is 316 g/mol. The fraction of sp³-hybridized carbons (Fsp3) is 0.389. The van der Waals surface area contributed by atoms with Crippen molar-refractivity contribution >= 4 is 17.2 Å². The third-order valence-corrected chi connectivity index (χ3v) is 4.54. The summed E-state index contributed by atoms with van der Waals surface area (Å²) in [6.07, 6.45) is 3.54. The molecule has 0 spiro atoms. The molecule has 1 aromatic heterocycles. The number of carbonyl (C=O) groups excluding carboxylic acids is 1. The SMILES string of the molecule is CCCCc1ccc(C(NC(=O)CNC)c2cccs2)cc1. The van der Waals surface area contributed by atoms with E-state index < -0.39 is 0 Å². The minimum atomic E-state index is -0.0684. The van der Waals surface area contributed by atoms with Crippen molar-refractivity contribution in [3.8, 4) is 0 Å². The van der Waals surface area contributed by atoms with E-state index in [0.717, 1.165) is 16.9 Å². The first-order valence-corrected chi connectivity index (χ1v) is 8.68. The van der Waals surface area contributed by atoms with Crippen LogP contribution in [0.4, 0.5) is 0 Å². The van der Waals surface area contributed by atoms with Gasteiger partial charge in [-0.05, 0) is 42.5 Å². The molecule has 22 heavy (non-hydrogen) atoms. The van der Waals surface area contributed by atoms with Gasteiger partial charge in [0.15, 0.2) is 0 Å². The van der Waals surface area contributed by atoms with Crippen molar-refractivity contribution in [1.82, 2.24) is 10.6 Å². The van der Waals surface area contributed by atoms with E-state index in [0.29, 0.717) is 6.54 Å². The summed E-state index contributed by atoms with van der Waals surface area (Å²) in [5, 5.41) is 8.05. The van der Waals surface area contributed by atoms with Crippen molar-refractivity contribution in [2.24, 2.45) is 0 Å².